The number of hydrogen-bond acceptors (Lipinski definition) is 5. The number of benzene rings is 1. The van der Waals surface area contributed by atoms with Gasteiger partial charge >= 0.3 is 0 Å². The zero-order valence-electron chi connectivity index (χ0n) is 16.6. The number of aliphatic hydroxyl groups is 1. The van der Waals surface area contributed by atoms with E-state index in [-0.39, 0.29) is 17.9 Å². The second-order valence-corrected chi connectivity index (χ2v) is 7.68. The molecule has 1 heterocycles. The molecule has 0 saturated heterocycles. The molecule has 1 saturated carbocycles. The van der Waals surface area contributed by atoms with E-state index in [2.05, 4.69) is 10.3 Å². The number of ether oxygens (including phenoxy) is 2. The van der Waals surface area contributed by atoms with Crippen molar-refractivity contribution < 1.29 is 19.4 Å². The molecule has 2 atom stereocenters. The highest BCUT2D eigenvalue weighted by Crippen LogP contribution is 2.30. The Kier molecular flexibility index (Phi) is 7.86. The minimum Gasteiger partial charge on any atom is -0.475 e. The minimum atomic E-state index is -0.344. The molecule has 0 aliphatic heterocycles. The molecule has 1 aliphatic rings. The van der Waals surface area contributed by atoms with Crippen LogP contribution in [0.1, 0.15) is 36.0 Å². The summed E-state index contributed by atoms with van der Waals surface area (Å²) in [7, 11) is 1.60. The van der Waals surface area contributed by atoms with Gasteiger partial charge in [0.2, 0.25) is 5.88 Å². The summed E-state index contributed by atoms with van der Waals surface area (Å²) in [6, 6.07) is 9.07. The summed E-state index contributed by atoms with van der Waals surface area (Å²) in [5, 5.41) is 13.7. The van der Waals surface area contributed by atoms with Crippen LogP contribution in [0.3, 0.4) is 0 Å². The molecule has 1 aliphatic carbocycles. The largest absolute Gasteiger partial charge is 0.475 e. The number of aromatic nitrogens is 1. The molecule has 1 aromatic heterocycles. The molecule has 6 nitrogen and oxygen atoms in total. The number of carbonyl (C=O) groups is 1. The summed E-state index contributed by atoms with van der Waals surface area (Å²) >= 11 is 6.00. The molecule has 3 rings (SSSR count). The highest BCUT2D eigenvalue weighted by atomic mass is 35.5. The number of rotatable bonds is 8. The molecule has 0 spiro atoms. The molecule has 2 aromatic rings. The van der Waals surface area contributed by atoms with E-state index in [4.69, 9.17) is 21.1 Å². The van der Waals surface area contributed by atoms with Gasteiger partial charge in [0, 0.05) is 36.4 Å². The number of hydrogen-bond donors (Lipinski definition) is 2. The second kappa shape index (κ2) is 10.6. The number of nitrogens with one attached hydrogen (secondary N) is 1. The number of methoxy groups -OCH3 is 1. The molecule has 0 radical (unpaired) electrons. The van der Waals surface area contributed by atoms with Crippen LogP contribution in [0.5, 0.6) is 5.88 Å². The summed E-state index contributed by atoms with van der Waals surface area (Å²) < 4.78 is 10.8. The molecule has 29 heavy (non-hydrogen) atoms. The van der Waals surface area contributed by atoms with Crippen molar-refractivity contribution in [2.75, 3.05) is 26.9 Å². The van der Waals surface area contributed by atoms with Gasteiger partial charge < -0.3 is 19.9 Å². The average Bonchev–Trinajstić information content (AvgIpc) is 2.74. The first-order valence-electron chi connectivity index (χ1n) is 9.92. The molecule has 0 bridgehead atoms. The first kappa shape index (κ1) is 21.6. The van der Waals surface area contributed by atoms with Crippen LogP contribution in [0.25, 0.3) is 11.1 Å². The Labute approximate surface area is 176 Å². The molecule has 2 unspecified atom stereocenters. The molecule has 1 amide bonds. The summed E-state index contributed by atoms with van der Waals surface area (Å²) in [5.74, 6) is 0.325. The smallest absolute Gasteiger partial charge is 0.252 e. The predicted molar refractivity (Wildman–Crippen MR) is 112 cm³/mol. The Hall–Kier alpha value is -2.15. The monoisotopic (exact) mass is 418 g/mol. The second-order valence-electron chi connectivity index (χ2n) is 7.25. The van der Waals surface area contributed by atoms with Gasteiger partial charge in [-0.1, -0.05) is 36.6 Å². The Balaban J connectivity index is 1.77. The van der Waals surface area contributed by atoms with Crippen molar-refractivity contribution in [3.05, 3.63) is 47.1 Å². The highest BCUT2D eigenvalue weighted by molar-refractivity contribution is 6.30. The van der Waals surface area contributed by atoms with Crippen LogP contribution in [0.15, 0.2) is 36.5 Å². The van der Waals surface area contributed by atoms with Crippen LogP contribution in [0.2, 0.25) is 5.02 Å². The van der Waals surface area contributed by atoms with E-state index in [0.717, 1.165) is 31.2 Å². The van der Waals surface area contributed by atoms with E-state index in [9.17, 15) is 9.90 Å². The van der Waals surface area contributed by atoms with Gasteiger partial charge in [-0.25, -0.2) is 4.98 Å². The quantitative estimate of drug-likeness (QED) is 0.639. The molecule has 1 aromatic carbocycles. The lowest BCUT2D eigenvalue weighted by molar-refractivity contribution is 0.0663. The fraction of sp³-hybridized carbons (Fsp3) is 0.455. The topological polar surface area (TPSA) is 80.7 Å². The van der Waals surface area contributed by atoms with Crippen LogP contribution in [0, 0.1) is 5.92 Å². The Morgan fingerprint density at radius 3 is 2.72 bits per heavy atom. The van der Waals surface area contributed by atoms with E-state index in [1.165, 1.54) is 6.20 Å². The van der Waals surface area contributed by atoms with Gasteiger partial charge in [-0.15, -0.1) is 0 Å². The van der Waals surface area contributed by atoms with Crippen LogP contribution < -0.4 is 10.1 Å². The number of carbonyl (C=O) groups excluding carboxylic acids is 1. The molecular weight excluding hydrogens is 392 g/mol. The van der Waals surface area contributed by atoms with Gasteiger partial charge in [0.25, 0.3) is 5.91 Å². The van der Waals surface area contributed by atoms with Gasteiger partial charge in [-0.2, -0.15) is 0 Å². The average molecular weight is 419 g/mol. The van der Waals surface area contributed by atoms with Crippen LogP contribution in [-0.4, -0.2) is 49.0 Å². The lowest BCUT2D eigenvalue weighted by Gasteiger charge is -2.27. The Morgan fingerprint density at radius 2 is 2.00 bits per heavy atom. The van der Waals surface area contributed by atoms with E-state index in [0.29, 0.717) is 41.8 Å². The van der Waals surface area contributed by atoms with E-state index >= 15 is 0 Å². The molecule has 1 fully saturated rings. The van der Waals surface area contributed by atoms with Crippen molar-refractivity contribution in [1.82, 2.24) is 10.3 Å². The summed E-state index contributed by atoms with van der Waals surface area (Å²) in [6.07, 6.45) is 5.04. The van der Waals surface area contributed by atoms with E-state index < -0.39 is 0 Å². The van der Waals surface area contributed by atoms with Crippen molar-refractivity contribution in [2.24, 2.45) is 5.92 Å². The number of nitrogens with zero attached hydrogens (tertiary/aromatic N) is 1. The van der Waals surface area contributed by atoms with E-state index in [1.54, 1.807) is 25.3 Å². The first-order valence-corrected chi connectivity index (χ1v) is 10.3. The molecule has 156 valence electrons. The Morgan fingerprint density at radius 1 is 1.24 bits per heavy atom. The number of amides is 1. The minimum absolute atomic E-state index is 0.105. The third-order valence-corrected chi connectivity index (χ3v) is 5.44. The fourth-order valence-corrected chi connectivity index (χ4v) is 3.63. The van der Waals surface area contributed by atoms with Gasteiger partial charge in [0.15, 0.2) is 0 Å². The van der Waals surface area contributed by atoms with Gasteiger partial charge in [0.1, 0.15) is 6.61 Å². The third-order valence-electron chi connectivity index (χ3n) is 5.19. The van der Waals surface area contributed by atoms with Crippen LogP contribution in [-0.2, 0) is 4.74 Å². The Bertz CT molecular complexity index is 813. The lowest BCUT2D eigenvalue weighted by atomic mass is 9.86. The van der Waals surface area contributed by atoms with Crippen molar-refractivity contribution in [3.8, 4) is 17.0 Å². The van der Waals surface area contributed by atoms with Gasteiger partial charge in [-0.3, -0.25) is 4.79 Å². The maximum absolute atomic E-state index is 12.7. The number of pyridine rings is 1. The zero-order valence-corrected chi connectivity index (χ0v) is 17.3. The summed E-state index contributed by atoms with van der Waals surface area (Å²) in [5.41, 5.74) is 2.01. The van der Waals surface area contributed by atoms with Crippen LogP contribution >= 0.6 is 11.6 Å². The molecular formula is C22H27ClN2O4. The zero-order chi connectivity index (χ0) is 20.6. The molecule has 7 heteroatoms. The van der Waals surface area contributed by atoms with Crippen molar-refractivity contribution >= 4 is 17.5 Å². The maximum Gasteiger partial charge on any atom is 0.252 e. The lowest BCUT2D eigenvalue weighted by Crippen LogP contribution is -2.36. The van der Waals surface area contributed by atoms with Crippen molar-refractivity contribution in [3.63, 3.8) is 0 Å². The van der Waals surface area contributed by atoms with Gasteiger partial charge in [-0.05, 0) is 36.6 Å². The fourth-order valence-electron chi connectivity index (χ4n) is 3.50. The van der Waals surface area contributed by atoms with Crippen LogP contribution in [0.4, 0.5) is 0 Å². The first-order chi connectivity index (χ1) is 14.1. The normalized spacial score (nSPS) is 19.0. The highest BCUT2D eigenvalue weighted by Gasteiger charge is 2.23. The number of aliphatic hydroxyl groups excluding tert-OH is 1. The van der Waals surface area contributed by atoms with E-state index in [1.807, 2.05) is 12.1 Å². The number of halogens is 1. The third kappa shape index (κ3) is 5.92. The predicted octanol–water partition coefficient (Wildman–Crippen LogP) is 3.71. The standard InChI is InChI=1S/C22H27ClN2O4/c1-28-10-11-29-22-19(15-6-8-18(23)9-7-15)12-17(14-25-22)21(27)24-13-16-4-2-3-5-20(16)26/h6-9,12,14,16,20,26H,2-5,10-11,13H2,1H3,(H,24,27). The van der Waals surface area contributed by atoms with Gasteiger partial charge in [0.05, 0.1) is 18.3 Å². The SMILES string of the molecule is COCCOc1ncc(C(=O)NCC2CCCCC2O)cc1-c1ccc(Cl)cc1. The summed E-state index contributed by atoms with van der Waals surface area (Å²) in [6.45, 7) is 1.26. The maximum atomic E-state index is 12.7. The molecule has 2 N–H and O–H groups in total. The van der Waals surface area contributed by atoms with Crippen molar-refractivity contribution in [1.29, 1.82) is 0 Å². The van der Waals surface area contributed by atoms with Crippen molar-refractivity contribution in [2.45, 2.75) is 31.8 Å². The summed E-state index contributed by atoms with van der Waals surface area (Å²) in [4.78, 5) is 17.0.